The van der Waals surface area contributed by atoms with Gasteiger partial charge in [-0.15, -0.1) is 0 Å². The molecule has 1 heterocycles. The fourth-order valence-electron chi connectivity index (χ4n) is 1.22. The number of alkyl halides is 3. The summed E-state index contributed by atoms with van der Waals surface area (Å²) in [5, 5.41) is 2.45. The van der Waals surface area contributed by atoms with Crippen molar-refractivity contribution in [3.05, 3.63) is 23.9 Å². The first-order valence-electron chi connectivity index (χ1n) is 5.25. The molecule has 7 heteroatoms. The van der Waals surface area contributed by atoms with Crippen molar-refractivity contribution in [3.8, 4) is 0 Å². The number of nitrogens with zero attached hydrogens (tertiary/aromatic N) is 1. The van der Waals surface area contributed by atoms with Gasteiger partial charge in [-0.3, -0.25) is 4.79 Å². The van der Waals surface area contributed by atoms with Crippen LogP contribution in [0.1, 0.15) is 18.4 Å². The van der Waals surface area contributed by atoms with Crippen molar-refractivity contribution < 1.29 is 18.0 Å². The summed E-state index contributed by atoms with van der Waals surface area (Å²) in [5.41, 5.74) is -0.831. The predicted octanol–water partition coefficient (Wildman–Crippen LogP) is 3.18. The van der Waals surface area contributed by atoms with Gasteiger partial charge in [-0.1, -0.05) is 0 Å². The van der Waals surface area contributed by atoms with Gasteiger partial charge >= 0.3 is 6.18 Å². The highest BCUT2D eigenvalue weighted by molar-refractivity contribution is 7.98. The molecule has 0 saturated carbocycles. The minimum atomic E-state index is -4.41. The number of hydrogen-bond donors (Lipinski definition) is 1. The van der Waals surface area contributed by atoms with Gasteiger partial charge in [0.15, 0.2) is 0 Å². The SMILES string of the molecule is CSCCCC(=O)Nc1ccc(C(F)(F)F)cn1. The van der Waals surface area contributed by atoms with E-state index in [1.54, 1.807) is 11.8 Å². The van der Waals surface area contributed by atoms with Crippen LogP contribution >= 0.6 is 11.8 Å². The van der Waals surface area contributed by atoms with Gasteiger partial charge in [-0.05, 0) is 30.6 Å². The summed E-state index contributed by atoms with van der Waals surface area (Å²) in [6.07, 6.45) is -0.697. The topological polar surface area (TPSA) is 42.0 Å². The van der Waals surface area contributed by atoms with Gasteiger partial charge in [0.05, 0.1) is 5.56 Å². The van der Waals surface area contributed by atoms with Crippen molar-refractivity contribution in [2.45, 2.75) is 19.0 Å². The molecule has 0 unspecified atom stereocenters. The van der Waals surface area contributed by atoms with E-state index in [9.17, 15) is 18.0 Å². The van der Waals surface area contributed by atoms with Crippen LogP contribution in [0.2, 0.25) is 0 Å². The molecule has 0 saturated heterocycles. The van der Waals surface area contributed by atoms with Crippen molar-refractivity contribution in [3.63, 3.8) is 0 Å². The van der Waals surface area contributed by atoms with E-state index in [1.165, 1.54) is 0 Å². The van der Waals surface area contributed by atoms with Crippen LogP contribution in [0.4, 0.5) is 19.0 Å². The molecule has 0 aromatic carbocycles. The molecule has 1 N–H and O–H groups in total. The van der Waals surface area contributed by atoms with E-state index in [0.717, 1.165) is 24.3 Å². The zero-order chi connectivity index (χ0) is 13.6. The normalized spacial score (nSPS) is 11.3. The molecule has 0 radical (unpaired) electrons. The molecule has 1 rings (SSSR count). The average molecular weight is 278 g/mol. The minimum Gasteiger partial charge on any atom is -0.311 e. The number of thioether (sulfide) groups is 1. The van der Waals surface area contributed by atoms with E-state index in [1.807, 2.05) is 6.26 Å². The lowest BCUT2D eigenvalue weighted by molar-refractivity contribution is -0.137. The molecule has 0 fully saturated rings. The summed E-state index contributed by atoms with van der Waals surface area (Å²) < 4.78 is 36.8. The van der Waals surface area contributed by atoms with Gasteiger partial charge < -0.3 is 5.32 Å². The van der Waals surface area contributed by atoms with Crippen LogP contribution in [0.5, 0.6) is 0 Å². The number of amides is 1. The van der Waals surface area contributed by atoms with Crippen LogP contribution in [0, 0.1) is 0 Å². The number of carbonyl (C=O) groups is 1. The maximum absolute atomic E-state index is 12.3. The van der Waals surface area contributed by atoms with Gasteiger partial charge in [0, 0.05) is 12.6 Å². The Morgan fingerprint density at radius 3 is 2.67 bits per heavy atom. The second-order valence-corrected chi connectivity index (χ2v) is 4.56. The summed E-state index contributed by atoms with van der Waals surface area (Å²) in [4.78, 5) is 14.9. The van der Waals surface area contributed by atoms with Crippen molar-refractivity contribution in [2.75, 3.05) is 17.3 Å². The first kappa shape index (κ1) is 14.8. The first-order chi connectivity index (χ1) is 8.43. The molecule has 0 atom stereocenters. The Labute approximate surface area is 107 Å². The third kappa shape index (κ3) is 4.95. The van der Waals surface area contributed by atoms with Crippen molar-refractivity contribution >= 4 is 23.5 Å². The lowest BCUT2D eigenvalue weighted by Crippen LogP contribution is -2.13. The second kappa shape index (κ2) is 6.63. The molecule has 18 heavy (non-hydrogen) atoms. The molecule has 0 aliphatic heterocycles. The Bertz CT molecular complexity index is 392. The van der Waals surface area contributed by atoms with Crippen LogP contribution in [0.15, 0.2) is 18.3 Å². The number of nitrogens with one attached hydrogen (secondary N) is 1. The summed E-state index contributed by atoms with van der Waals surface area (Å²) >= 11 is 1.63. The number of anilines is 1. The standard InChI is InChI=1S/C11H13F3N2OS/c1-18-6-2-3-10(17)16-9-5-4-8(7-15-9)11(12,13)14/h4-5,7H,2-3,6H2,1H3,(H,15,16,17). The summed E-state index contributed by atoms with van der Waals surface area (Å²) in [6, 6.07) is 2.04. The number of pyridine rings is 1. The van der Waals surface area contributed by atoms with Crippen LogP contribution in [0.3, 0.4) is 0 Å². The maximum Gasteiger partial charge on any atom is 0.417 e. The van der Waals surface area contributed by atoms with E-state index in [0.29, 0.717) is 12.6 Å². The second-order valence-electron chi connectivity index (χ2n) is 3.57. The van der Waals surface area contributed by atoms with E-state index in [4.69, 9.17) is 0 Å². The number of halogens is 3. The predicted molar refractivity (Wildman–Crippen MR) is 65.5 cm³/mol. The molecule has 0 spiro atoms. The molecule has 1 amide bonds. The molecular weight excluding hydrogens is 265 g/mol. The van der Waals surface area contributed by atoms with E-state index < -0.39 is 11.7 Å². The van der Waals surface area contributed by atoms with Gasteiger partial charge in [-0.2, -0.15) is 24.9 Å². The lowest BCUT2D eigenvalue weighted by Gasteiger charge is -2.07. The van der Waals surface area contributed by atoms with E-state index >= 15 is 0 Å². The summed E-state index contributed by atoms with van der Waals surface area (Å²) in [7, 11) is 0. The third-order valence-electron chi connectivity index (χ3n) is 2.11. The number of hydrogen-bond acceptors (Lipinski definition) is 3. The number of rotatable bonds is 5. The third-order valence-corrected chi connectivity index (χ3v) is 2.81. The molecule has 0 bridgehead atoms. The molecular formula is C11H13F3N2OS. The Hall–Kier alpha value is -1.24. The molecule has 100 valence electrons. The van der Waals surface area contributed by atoms with Gasteiger partial charge in [0.25, 0.3) is 0 Å². The van der Waals surface area contributed by atoms with Crippen molar-refractivity contribution in [1.29, 1.82) is 0 Å². The van der Waals surface area contributed by atoms with Crippen molar-refractivity contribution in [2.24, 2.45) is 0 Å². The van der Waals surface area contributed by atoms with Gasteiger partial charge in [0.2, 0.25) is 5.91 Å². The molecule has 0 aliphatic rings. The van der Waals surface area contributed by atoms with Crippen LogP contribution in [-0.2, 0) is 11.0 Å². The molecule has 1 aromatic heterocycles. The summed E-state index contributed by atoms with van der Waals surface area (Å²) in [6.45, 7) is 0. The fourth-order valence-corrected chi connectivity index (χ4v) is 1.65. The Balaban J connectivity index is 2.51. The largest absolute Gasteiger partial charge is 0.417 e. The highest BCUT2D eigenvalue weighted by Gasteiger charge is 2.30. The zero-order valence-corrected chi connectivity index (χ0v) is 10.6. The van der Waals surface area contributed by atoms with Gasteiger partial charge in [0.1, 0.15) is 5.82 Å². The lowest BCUT2D eigenvalue weighted by atomic mass is 10.2. The fraction of sp³-hybridized carbons (Fsp3) is 0.455. The Morgan fingerprint density at radius 2 is 2.17 bits per heavy atom. The smallest absolute Gasteiger partial charge is 0.311 e. The highest BCUT2D eigenvalue weighted by Crippen LogP contribution is 2.28. The van der Waals surface area contributed by atoms with Crippen molar-refractivity contribution in [1.82, 2.24) is 4.98 Å². The average Bonchev–Trinajstić information content (AvgIpc) is 2.29. The Kier molecular flexibility index (Phi) is 5.46. The molecule has 0 aliphatic carbocycles. The molecule has 3 nitrogen and oxygen atoms in total. The quantitative estimate of drug-likeness (QED) is 0.841. The van der Waals surface area contributed by atoms with Crippen LogP contribution in [0.25, 0.3) is 0 Å². The first-order valence-corrected chi connectivity index (χ1v) is 6.65. The monoisotopic (exact) mass is 278 g/mol. The van der Waals surface area contributed by atoms with Crippen LogP contribution < -0.4 is 5.32 Å². The molecule has 1 aromatic rings. The number of carbonyl (C=O) groups excluding carboxylic acids is 1. The maximum atomic E-state index is 12.3. The Morgan fingerprint density at radius 1 is 1.44 bits per heavy atom. The van der Waals surface area contributed by atoms with Crippen LogP contribution in [-0.4, -0.2) is 22.9 Å². The van der Waals surface area contributed by atoms with Gasteiger partial charge in [-0.25, -0.2) is 4.98 Å². The highest BCUT2D eigenvalue weighted by atomic mass is 32.2. The summed E-state index contributed by atoms with van der Waals surface area (Å²) in [5.74, 6) is 0.766. The van der Waals surface area contributed by atoms with E-state index in [-0.39, 0.29) is 11.7 Å². The number of aromatic nitrogens is 1. The van der Waals surface area contributed by atoms with E-state index in [2.05, 4.69) is 10.3 Å². The minimum absolute atomic E-state index is 0.136. The zero-order valence-electron chi connectivity index (χ0n) is 9.75.